The topological polar surface area (TPSA) is 46.6 Å². The molecule has 1 heterocycles. The maximum Gasteiger partial charge on any atom is 0.238 e. The number of carbonyl (C=O) groups excluding carboxylic acids is 2. The Bertz CT molecular complexity index is 1090. The van der Waals surface area contributed by atoms with Crippen molar-refractivity contribution in [3.63, 3.8) is 0 Å². The van der Waals surface area contributed by atoms with Crippen LogP contribution in [0.3, 0.4) is 0 Å². The van der Waals surface area contributed by atoms with Gasteiger partial charge in [0.25, 0.3) is 0 Å². The van der Waals surface area contributed by atoms with Gasteiger partial charge in [0, 0.05) is 11.8 Å². The van der Waals surface area contributed by atoms with Crippen LogP contribution in [0.4, 0.5) is 5.69 Å². The normalized spacial score (nSPS) is 24.5. The number of anilines is 1. The van der Waals surface area contributed by atoms with Crippen LogP contribution in [0, 0.1) is 11.8 Å². The summed E-state index contributed by atoms with van der Waals surface area (Å²) >= 11 is 0. The van der Waals surface area contributed by atoms with E-state index in [2.05, 4.69) is 12.2 Å². The largest absolute Gasteiger partial charge is 0.492 e. The summed E-state index contributed by atoms with van der Waals surface area (Å²) in [5.74, 6) is -0.998. The zero-order valence-corrected chi connectivity index (χ0v) is 17.9. The molecule has 1 aliphatic heterocycles. The van der Waals surface area contributed by atoms with Crippen molar-refractivity contribution in [3.8, 4) is 5.75 Å². The highest BCUT2D eigenvalue weighted by Gasteiger charge is 2.55. The number of para-hydroxylation sites is 2. The van der Waals surface area contributed by atoms with Gasteiger partial charge in [-0.25, -0.2) is 4.90 Å². The molecule has 4 nitrogen and oxygen atoms in total. The van der Waals surface area contributed by atoms with Crippen molar-refractivity contribution in [2.24, 2.45) is 11.8 Å². The molecule has 0 radical (unpaired) electrons. The summed E-state index contributed by atoms with van der Waals surface area (Å²) in [7, 11) is 0. The molecule has 1 fully saturated rings. The maximum atomic E-state index is 13.9. The molecule has 32 heavy (non-hydrogen) atoms. The molecule has 3 aromatic rings. The van der Waals surface area contributed by atoms with Crippen molar-refractivity contribution in [1.29, 1.82) is 0 Å². The fourth-order valence-electron chi connectivity index (χ4n) is 5.09. The van der Waals surface area contributed by atoms with Gasteiger partial charge in [0.1, 0.15) is 5.75 Å². The van der Waals surface area contributed by atoms with Crippen LogP contribution in [0.15, 0.2) is 97.1 Å². The first-order valence-electron chi connectivity index (χ1n) is 11.1. The van der Waals surface area contributed by atoms with Crippen LogP contribution in [0.1, 0.15) is 29.9 Å². The Hall–Kier alpha value is -3.66. The molecule has 0 bridgehead atoms. The van der Waals surface area contributed by atoms with Gasteiger partial charge in [-0.2, -0.15) is 0 Å². The fraction of sp³-hybridized carbons (Fsp3) is 0.214. The molecule has 0 N–H and O–H groups in total. The van der Waals surface area contributed by atoms with Crippen LogP contribution in [0.25, 0.3) is 0 Å². The Labute approximate surface area is 188 Å². The van der Waals surface area contributed by atoms with Crippen LogP contribution in [0.2, 0.25) is 0 Å². The standard InChI is InChI=1S/C28H25NO3/c1-2-32-24-16-10-9-15-23(24)29-27(30)25-21(19-11-5-3-6-12-19)17-18-22(26(25)28(29)31)20-13-7-4-8-14-20/h3-18,21-22,25-26H,2H2,1H3/t21-,22+,25-,26-/m0/s1. The van der Waals surface area contributed by atoms with Crippen molar-refractivity contribution >= 4 is 17.5 Å². The van der Waals surface area contributed by atoms with E-state index in [1.54, 1.807) is 6.07 Å². The molecule has 0 unspecified atom stereocenters. The van der Waals surface area contributed by atoms with Gasteiger partial charge in [0.15, 0.2) is 0 Å². The van der Waals surface area contributed by atoms with Gasteiger partial charge in [-0.3, -0.25) is 9.59 Å². The Morgan fingerprint density at radius 3 is 1.66 bits per heavy atom. The van der Waals surface area contributed by atoms with Crippen LogP contribution in [0.5, 0.6) is 5.75 Å². The first kappa shape index (κ1) is 20.3. The third-order valence-electron chi connectivity index (χ3n) is 6.47. The molecule has 1 saturated heterocycles. The number of carbonyl (C=O) groups is 2. The summed E-state index contributed by atoms with van der Waals surface area (Å²) in [5, 5.41) is 0. The third kappa shape index (κ3) is 3.32. The molecular formula is C28H25NO3. The zero-order chi connectivity index (χ0) is 22.1. The van der Waals surface area contributed by atoms with E-state index in [0.717, 1.165) is 11.1 Å². The van der Waals surface area contributed by atoms with E-state index >= 15 is 0 Å². The molecule has 4 heteroatoms. The Balaban J connectivity index is 1.63. The molecule has 3 aromatic carbocycles. The number of benzene rings is 3. The third-order valence-corrected chi connectivity index (χ3v) is 6.47. The summed E-state index contributed by atoms with van der Waals surface area (Å²) < 4.78 is 5.76. The highest BCUT2D eigenvalue weighted by atomic mass is 16.5. The zero-order valence-electron chi connectivity index (χ0n) is 17.9. The van der Waals surface area contributed by atoms with Gasteiger partial charge < -0.3 is 4.74 Å². The predicted octanol–water partition coefficient (Wildman–Crippen LogP) is 5.33. The number of rotatable bonds is 5. The number of hydrogen-bond donors (Lipinski definition) is 0. The number of amides is 2. The molecule has 160 valence electrons. The van der Waals surface area contributed by atoms with E-state index in [1.807, 2.05) is 85.8 Å². The number of nitrogens with zero attached hydrogens (tertiary/aromatic N) is 1. The van der Waals surface area contributed by atoms with Crippen molar-refractivity contribution in [2.75, 3.05) is 11.5 Å². The summed E-state index contributed by atoms with van der Waals surface area (Å²) in [6, 6.07) is 27.3. The molecule has 4 atom stereocenters. The second-order valence-electron chi connectivity index (χ2n) is 8.22. The molecule has 0 spiro atoms. The lowest BCUT2D eigenvalue weighted by atomic mass is 9.68. The van der Waals surface area contributed by atoms with E-state index in [0.29, 0.717) is 18.0 Å². The minimum absolute atomic E-state index is 0.151. The quantitative estimate of drug-likeness (QED) is 0.412. The SMILES string of the molecule is CCOc1ccccc1N1C(=O)[C@@H]2[C@@H](C1=O)[C@H](c1ccccc1)C=C[C@@H]2c1ccccc1. The second-order valence-corrected chi connectivity index (χ2v) is 8.22. The minimum Gasteiger partial charge on any atom is -0.492 e. The van der Waals surface area contributed by atoms with Crippen molar-refractivity contribution < 1.29 is 14.3 Å². The van der Waals surface area contributed by atoms with Crippen molar-refractivity contribution in [2.45, 2.75) is 18.8 Å². The molecule has 5 rings (SSSR count). The van der Waals surface area contributed by atoms with Gasteiger partial charge in [0.2, 0.25) is 11.8 Å². The smallest absolute Gasteiger partial charge is 0.238 e. The van der Waals surface area contributed by atoms with Crippen LogP contribution >= 0.6 is 0 Å². The van der Waals surface area contributed by atoms with Crippen LogP contribution in [-0.4, -0.2) is 18.4 Å². The highest BCUT2D eigenvalue weighted by Crippen LogP contribution is 2.51. The van der Waals surface area contributed by atoms with Crippen LogP contribution in [-0.2, 0) is 9.59 Å². The molecule has 2 aliphatic rings. The van der Waals surface area contributed by atoms with Crippen molar-refractivity contribution in [3.05, 3.63) is 108 Å². The maximum absolute atomic E-state index is 13.9. The summed E-state index contributed by atoms with van der Waals surface area (Å²) in [6.45, 7) is 2.35. The lowest BCUT2D eigenvalue weighted by Gasteiger charge is -2.32. The predicted molar refractivity (Wildman–Crippen MR) is 125 cm³/mol. The van der Waals surface area contributed by atoms with E-state index in [1.165, 1.54) is 4.90 Å². The van der Waals surface area contributed by atoms with E-state index in [9.17, 15) is 9.59 Å². The number of hydrogen-bond acceptors (Lipinski definition) is 3. The molecule has 0 saturated carbocycles. The fourth-order valence-corrected chi connectivity index (χ4v) is 5.09. The van der Waals surface area contributed by atoms with Crippen LogP contribution < -0.4 is 9.64 Å². The van der Waals surface area contributed by atoms with E-state index in [-0.39, 0.29) is 23.7 Å². The Morgan fingerprint density at radius 2 is 1.16 bits per heavy atom. The summed E-state index contributed by atoms with van der Waals surface area (Å²) in [6.07, 6.45) is 4.22. The average molecular weight is 424 g/mol. The minimum atomic E-state index is -0.463. The number of ether oxygens (including phenoxy) is 1. The lowest BCUT2D eigenvalue weighted by molar-refractivity contribution is -0.122. The van der Waals surface area contributed by atoms with Gasteiger partial charge in [-0.15, -0.1) is 0 Å². The highest BCUT2D eigenvalue weighted by molar-refractivity contribution is 6.23. The van der Waals surface area contributed by atoms with E-state index < -0.39 is 11.8 Å². The number of imide groups is 1. The van der Waals surface area contributed by atoms with Gasteiger partial charge in [-0.05, 0) is 30.2 Å². The Kier molecular flexibility index (Phi) is 5.36. The lowest BCUT2D eigenvalue weighted by Crippen LogP contribution is -2.32. The first-order valence-corrected chi connectivity index (χ1v) is 11.1. The Morgan fingerprint density at radius 1 is 0.688 bits per heavy atom. The molecule has 0 aromatic heterocycles. The molecular weight excluding hydrogens is 398 g/mol. The second kappa shape index (κ2) is 8.46. The first-order chi connectivity index (χ1) is 15.7. The molecule has 1 aliphatic carbocycles. The van der Waals surface area contributed by atoms with Gasteiger partial charge in [-0.1, -0.05) is 84.9 Å². The number of fused-ring (bicyclic) bond motifs is 1. The van der Waals surface area contributed by atoms with E-state index in [4.69, 9.17) is 4.74 Å². The van der Waals surface area contributed by atoms with Gasteiger partial charge >= 0.3 is 0 Å². The molecule has 2 amide bonds. The number of allylic oxidation sites excluding steroid dienone is 2. The summed E-state index contributed by atoms with van der Waals surface area (Å²) in [5.41, 5.74) is 2.62. The summed E-state index contributed by atoms with van der Waals surface area (Å²) in [4.78, 5) is 29.1. The monoisotopic (exact) mass is 423 g/mol. The average Bonchev–Trinajstić information content (AvgIpc) is 3.11. The van der Waals surface area contributed by atoms with Gasteiger partial charge in [0.05, 0.1) is 24.1 Å². The van der Waals surface area contributed by atoms with Crippen molar-refractivity contribution in [1.82, 2.24) is 0 Å².